The number of nitrogen functional groups attached to an aromatic ring is 1. The second kappa shape index (κ2) is 4.88. The van der Waals surface area contributed by atoms with Crippen LogP contribution in [0.3, 0.4) is 0 Å². The third-order valence-corrected chi connectivity index (χ3v) is 2.86. The molecule has 5 N–H and O–H groups in total. The van der Waals surface area contributed by atoms with E-state index in [0.29, 0.717) is 11.4 Å². The molecule has 4 nitrogen and oxygen atoms in total. The van der Waals surface area contributed by atoms with E-state index < -0.39 is 12.0 Å². The first-order valence-corrected chi connectivity index (χ1v) is 5.05. The summed E-state index contributed by atoms with van der Waals surface area (Å²) < 4.78 is 0. The summed E-state index contributed by atoms with van der Waals surface area (Å²) in [5.41, 5.74) is 11.7. The van der Waals surface area contributed by atoms with Crippen LogP contribution in [0, 0.1) is 0 Å². The predicted octanol–water partition coefficient (Wildman–Crippen LogP) is 0.773. The van der Waals surface area contributed by atoms with Crippen LogP contribution in [0.2, 0.25) is 0 Å². The van der Waals surface area contributed by atoms with Crippen molar-refractivity contribution >= 4 is 23.4 Å². The maximum Gasteiger partial charge on any atom is 0.321 e. The fraction of sp³-hybridized carbons (Fsp3) is 0.222. The van der Waals surface area contributed by atoms with Crippen molar-refractivity contribution in [2.45, 2.75) is 10.9 Å². The van der Waals surface area contributed by atoms with Gasteiger partial charge in [-0.2, -0.15) is 0 Å². The largest absolute Gasteiger partial charge is 0.480 e. The molecule has 1 rings (SSSR count). The monoisotopic (exact) mass is 212 g/mol. The van der Waals surface area contributed by atoms with Crippen LogP contribution in [0.1, 0.15) is 0 Å². The van der Waals surface area contributed by atoms with E-state index in [9.17, 15) is 4.79 Å². The van der Waals surface area contributed by atoms with Gasteiger partial charge in [-0.1, -0.05) is 12.1 Å². The number of rotatable bonds is 4. The van der Waals surface area contributed by atoms with Gasteiger partial charge in [0.2, 0.25) is 0 Å². The van der Waals surface area contributed by atoms with Gasteiger partial charge in [-0.3, -0.25) is 4.79 Å². The lowest BCUT2D eigenvalue weighted by Gasteiger charge is -2.07. The Balaban J connectivity index is 2.54. The van der Waals surface area contributed by atoms with Crippen molar-refractivity contribution in [3.63, 3.8) is 0 Å². The van der Waals surface area contributed by atoms with E-state index in [-0.39, 0.29) is 0 Å². The summed E-state index contributed by atoms with van der Waals surface area (Å²) in [6, 6.07) is 6.45. The van der Waals surface area contributed by atoms with Gasteiger partial charge >= 0.3 is 5.97 Å². The number of nitrogens with two attached hydrogens (primary N) is 2. The number of hydrogen-bond donors (Lipinski definition) is 3. The van der Waals surface area contributed by atoms with E-state index in [1.165, 1.54) is 11.8 Å². The number of para-hydroxylation sites is 1. The molecule has 0 bridgehead atoms. The van der Waals surface area contributed by atoms with E-state index in [0.717, 1.165) is 4.90 Å². The Kier molecular flexibility index (Phi) is 3.79. The first kappa shape index (κ1) is 10.9. The molecule has 1 aromatic carbocycles. The van der Waals surface area contributed by atoms with E-state index in [1.54, 1.807) is 6.07 Å². The first-order chi connectivity index (χ1) is 6.61. The third-order valence-electron chi connectivity index (χ3n) is 1.65. The highest BCUT2D eigenvalue weighted by Crippen LogP contribution is 2.24. The summed E-state index contributed by atoms with van der Waals surface area (Å²) in [4.78, 5) is 11.3. The van der Waals surface area contributed by atoms with E-state index >= 15 is 0 Å². The average molecular weight is 212 g/mol. The van der Waals surface area contributed by atoms with E-state index in [4.69, 9.17) is 16.6 Å². The van der Waals surface area contributed by atoms with Crippen LogP contribution in [0.15, 0.2) is 29.2 Å². The Morgan fingerprint density at radius 3 is 2.71 bits per heavy atom. The van der Waals surface area contributed by atoms with Gasteiger partial charge in [0, 0.05) is 16.3 Å². The van der Waals surface area contributed by atoms with Crippen LogP contribution >= 0.6 is 11.8 Å². The highest BCUT2D eigenvalue weighted by atomic mass is 32.2. The van der Waals surface area contributed by atoms with Gasteiger partial charge in [0.05, 0.1) is 0 Å². The molecule has 0 aliphatic heterocycles. The fourth-order valence-electron chi connectivity index (χ4n) is 0.863. The second-order valence-electron chi connectivity index (χ2n) is 2.79. The molecule has 0 unspecified atom stereocenters. The number of anilines is 1. The topological polar surface area (TPSA) is 89.3 Å². The Morgan fingerprint density at radius 1 is 1.50 bits per heavy atom. The molecular weight excluding hydrogens is 200 g/mol. The highest BCUT2D eigenvalue weighted by Gasteiger charge is 2.11. The van der Waals surface area contributed by atoms with Gasteiger partial charge in [0.25, 0.3) is 0 Å². The van der Waals surface area contributed by atoms with Crippen molar-refractivity contribution in [2.24, 2.45) is 5.73 Å². The Labute approximate surface area is 86.3 Å². The Morgan fingerprint density at radius 2 is 2.14 bits per heavy atom. The molecule has 0 saturated heterocycles. The van der Waals surface area contributed by atoms with Crippen molar-refractivity contribution in [3.05, 3.63) is 24.3 Å². The predicted molar refractivity (Wildman–Crippen MR) is 57.2 cm³/mol. The van der Waals surface area contributed by atoms with Crippen molar-refractivity contribution < 1.29 is 9.90 Å². The third kappa shape index (κ3) is 2.93. The van der Waals surface area contributed by atoms with Crippen molar-refractivity contribution in [1.29, 1.82) is 0 Å². The summed E-state index contributed by atoms with van der Waals surface area (Å²) in [6.07, 6.45) is 0. The second-order valence-corrected chi connectivity index (χ2v) is 3.86. The number of carboxylic acid groups (broad SMARTS) is 1. The zero-order chi connectivity index (χ0) is 10.6. The molecule has 1 aromatic rings. The van der Waals surface area contributed by atoms with Gasteiger partial charge in [-0.25, -0.2) is 0 Å². The molecule has 14 heavy (non-hydrogen) atoms. The van der Waals surface area contributed by atoms with Gasteiger partial charge in [-0.15, -0.1) is 11.8 Å². The van der Waals surface area contributed by atoms with Crippen molar-refractivity contribution in [2.75, 3.05) is 11.5 Å². The van der Waals surface area contributed by atoms with Crippen LogP contribution in [-0.2, 0) is 4.79 Å². The van der Waals surface area contributed by atoms with Gasteiger partial charge in [0.15, 0.2) is 0 Å². The van der Waals surface area contributed by atoms with Crippen LogP contribution in [0.25, 0.3) is 0 Å². The van der Waals surface area contributed by atoms with Gasteiger partial charge in [0.1, 0.15) is 6.04 Å². The molecule has 0 fully saturated rings. The Bertz CT molecular complexity index is 330. The molecule has 0 aliphatic carbocycles. The number of benzene rings is 1. The summed E-state index contributed by atoms with van der Waals surface area (Å²) >= 11 is 1.35. The summed E-state index contributed by atoms with van der Waals surface area (Å²) in [5.74, 6) is -0.671. The lowest BCUT2D eigenvalue weighted by Crippen LogP contribution is -2.32. The van der Waals surface area contributed by atoms with Crippen molar-refractivity contribution in [1.82, 2.24) is 0 Å². The smallest absolute Gasteiger partial charge is 0.321 e. The molecule has 1 atom stereocenters. The quantitative estimate of drug-likeness (QED) is 0.506. The molecule has 0 saturated carbocycles. The normalized spacial score (nSPS) is 12.4. The minimum absolute atomic E-state index is 0.323. The van der Waals surface area contributed by atoms with Crippen LogP contribution < -0.4 is 11.5 Å². The lowest BCUT2D eigenvalue weighted by molar-refractivity contribution is -0.137. The molecule has 0 heterocycles. The molecule has 0 amide bonds. The molecule has 0 radical (unpaired) electrons. The minimum atomic E-state index is -0.994. The standard InChI is InChI=1S/C9H12N2O2S/c10-6-3-1-2-4-8(6)14-5-7(11)9(12)13/h1-4,7H,5,10-11H2,(H,12,13)/t7-/m0/s1. The summed E-state index contributed by atoms with van der Waals surface area (Å²) in [7, 11) is 0. The molecule has 76 valence electrons. The zero-order valence-electron chi connectivity index (χ0n) is 7.51. The maximum absolute atomic E-state index is 10.4. The van der Waals surface area contributed by atoms with Gasteiger partial charge < -0.3 is 16.6 Å². The van der Waals surface area contributed by atoms with Crippen LogP contribution in [0.5, 0.6) is 0 Å². The Hall–Kier alpha value is -1.20. The molecule has 0 aromatic heterocycles. The minimum Gasteiger partial charge on any atom is -0.480 e. The van der Waals surface area contributed by atoms with E-state index in [1.807, 2.05) is 18.2 Å². The SMILES string of the molecule is Nc1ccccc1SC[C@H](N)C(=O)O. The number of carboxylic acids is 1. The summed E-state index contributed by atoms with van der Waals surface area (Å²) in [6.45, 7) is 0. The highest BCUT2D eigenvalue weighted by molar-refractivity contribution is 7.99. The average Bonchev–Trinajstić information content (AvgIpc) is 2.16. The van der Waals surface area contributed by atoms with Gasteiger partial charge in [-0.05, 0) is 12.1 Å². The molecule has 5 heteroatoms. The number of hydrogen-bond acceptors (Lipinski definition) is 4. The zero-order valence-corrected chi connectivity index (χ0v) is 8.33. The number of thioether (sulfide) groups is 1. The van der Waals surface area contributed by atoms with Crippen molar-refractivity contribution in [3.8, 4) is 0 Å². The lowest BCUT2D eigenvalue weighted by atomic mass is 10.3. The first-order valence-electron chi connectivity index (χ1n) is 4.07. The summed E-state index contributed by atoms with van der Waals surface area (Å²) in [5, 5.41) is 8.56. The maximum atomic E-state index is 10.4. The van der Waals surface area contributed by atoms with E-state index in [2.05, 4.69) is 0 Å². The number of aliphatic carboxylic acids is 1. The molecule has 0 spiro atoms. The molecule has 0 aliphatic rings. The van der Waals surface area contributed by atoms with Crippen LogP contribution in [0.4, 0.5) is 5.69 Å². The molecular formula is C9H12N2O2S. The number of carbonyl (C=O) groups is 1. The van der Waals surface area contributed by atoms with Crippen LogP contribution in [-0.4, -0.2) is 22.9 Å². The fourth-order valence-corrected chi connectivity index (χ4v) is 1.77.